The molecule has 24 heavy (non-hydrogen) atoms. The van der Waals surface area contributed by atoms with Crippen molar-refractivity contribution in [2.75, 3.05) is 6.61 Å². The number of aryl methyl sites for hydroxylation is 1. The number of nitrogens with one attached hydrogen (secondary N) is 1. The molecule has 1 aliphatic heterocycles. The Kier molecular flexibility index (Phi) is 6.69. The summed E-state index contributed by atoms with van der Waals surface area (Å²) < 4.78 is 5.90. The predicted molar refractivity (Wildman–Crippen MR) is 95.0 cm³/mol. The average molecular weight is 351 g/mol. The highest BCUT2D eigenvalue weighted by molar-refractivity contribution is 8.15. The van der Waals surface area contributed by atoms with Crippen LogP contribution in [0.15, 0.2) is 24.3 Å². The Hall–Kier alpha value is -1.53. The van der Waals surface area contributed by atoms with Gasteiger partial charge >= 0.3 is 0 Å². The second kappa shape index (κ2) is 8.53. The summed E-state index contributed by atoms with van der Waals surface area (Å²) in [6.07, 6.45) is 6.78. The number of carbonyl (C=O) groups excluding carboxylic acids is 2. The van der Waals surface area contributed by atoms with Crippen LogP contribution in [-0.4, -0.2) is 28.3 Å². The van der Waals surface area contributed by atoms with Crippen LogP contribution < -0.4 is 10.1 Å². The number of amides is 2. The van der Waals surface area contributed by atoms with Gasteiger partial charge in [-0.15, -0.1) is 0 Å². The standard InChI is InChI=1S/C15H22O.C3H3NO3S/c1-13-6-8-14(9-7-13)16-12-15(2)10-4-3-5-11-15;5-1-2(6)8-3(7)4-1/h6-9H,3-5,10-12H2,1-2H3;2,6H,(H,4,5,7). The minimum absolute atomic E-state index is 0.406. The molecule has 1 unspecified atom stereocenters. The summed E-state index contributed by atoms with van der Waals surface area (Å²) >= 11 is 0.584. The van der Waals surface area contributed by atoms with Gasteiger partial charge in [0.25, 0.3) is 11.1 Å². The molecular weight excluding hydrogens is 326 g/mol. The molecule has 1 saturated heterocycles. The third-order valence-electron chi connectivity index (χ3n) is 4.34. The zero-order valence-corrected chi connectivity index (χ0v) is 15.0. The van der Waals surface area contributed by atoms with E-state index in [0.29, 0.717) is 17.2 Å². The lowest BCUT2D eigenvalue weighted by Gasteiger charge is -2.33. The molecule has 1 atom stereocenters. The van der Waals surface area contributed by atoms with Crippen molar-refractivity contribution in [3.05, 3.63) is 29.8 Å². The van der Waals surface area contributed by atoms with E-state index in [4.69, 9.17) is 9.84 Å². The Morgan fingerprint density at radius 3 is 2.29 bits per heavy atom. The van der Waals surface area contributed by atoms with Crippen LogP contribution >= 0.6 is 11.8 Å². The number of aliphatic hydroxyl groups is 1. The van der Waals surface area contributed by atoms with E-state index >= 15 is 0 Å². The number of hydrogen-bond donors (Lipinski definition) is 2. The molecule has 0 bridgehead atoms. The molecule has 5 nitrogen and oxygen atoms in total. The first kappa shape index (κ1) is 18.8. The molecule has 2 aliphatic rings. The van der Waals surface area contributed by atoms with Crippen LogP contribution in [0.3, 0.4) is 0 Å². The topological polar surface area (TPSA) is 75.6 Å². The van der Waals surface area contributed by atoms with Crippen LogP contribution in [0.2, 0.25) is 0 Å². The molecule has 2 amide bonds. The Bertz CT molecular complexity index is 567. The van der Waals surface area contributed by atoms with Crippen molar-refractivity contribution in [3.63, 3.8) is 0 Å². The fourth-order valence-electron chi connectivity index (χ4n) is 2.79. The number of thioether (sulfide) groups is 1. The van der Waals surface area contributed by atoms with Crippen molar-refractivity contribution < 1.29 is 19.4 Å². The molecule has 0 aromatic heterocycles. The summed E-state index contributed by atoms with van der Waals surface area (Å²) in [5.41, 5.74) is 0.502. The number of hydrogen-bond acceptors (Lipinski definition) is 5. The quantitative estimate of drug-likeness (QED) is 0.870. The predicted octanol–water partition coefficient (Wildman–Crippen LogP) is 3.63. The van der Waals surface area contributed by atoms with Crippen molar-refractivity contribution >= 4 is 22.9 Å². The molecular formula is C18H25NO4S. The maximum Gasteiger partial charge on any atom is 0.288 e. The van der Waals surface area contributed by atoms with E-state index in [1.165, 1.54) is 37.7 Å². The summed E-state index contributed by atoms with van der Waals surface area (Å²) in [6, 6.07) is 8.36. The highest BCUT2D eigenvalue weighted by Crippen LogP contribution is 2.36. The molecule has 6 heteroatoms. The number of ether oxygens (including phenoxy) is 1. The van der Waals surface area contributed by atoms with E-state index in [0.717, 1.165) is 12.4 Å². The molecule has 2 N–H and O–H groups in total. The van der Waals surface area contributed by atoms with E-state index in [1.807, 2.05) is 5.32 Å². The normalized spacial score (nSPS) is 22.4. The third kappa shape index (κ3) is 5.83. The average Bonchev–Trinajstić information content (AvgIpc) is 2.84. The van der Waals surface area contributed by atoms with Crippen molar-refractivity contribution in [2.24, 2.45) is 5.41 Å². The minimum atomic E-state index is -1.19. The molecule has 0 spiro atoms. The second-order valence-electron chi connectivity index (χ2n) is 6.72. The van der Waals surface area contributed by atoms with Crippen molar-refractivity contribution in [3.8, 4) is 5.75 Å². The highest BCUT2D eigenvalue weighted by atomic mass is 32.2. The van der Waals surface area contributed by atoms with Gasteiger partial charge in [0.1, 0.15) is 5.75 Å². The first-order chi connectivity index (χ1) is 11.4. The molecule has 132 valence electrons. The summed E-state index contributed by atoms with van der Waals surface area (Å²) in [4.78, 5) is 20.3. The van der Waals surface area contributed by atoms with Crippen LogP contribution in [0, 0.1) is 12.3 Å². The lowest BCUT2D eigenvalue weighted by atomic mass is 9.76. The van der Waals surface area contributed by atoms with Crippen LogP contribution in [0.4, 0.5) is 4.79 Å². The Morgan fingerprint density at radius 2 is 1.83 bits per heavy atom. The molecule has 0 radical (unpaired) electrons. The van der Waals surface area contributed by atoms with Gasteiger partial charge in [0, 0.05) is 5.41 Å². The van der Waals surface area contributed by atoms with Crippen molar-refractivity contribution in [1.82, 2.24) is 5.32 Å². The monoisotopic (exact) mass is 351 g/mol. The number of benzene rings is 1. The van der Waals surface area contributed by atoms with Gasteiger partial charge in [-0.2, -0.15) is 0 Å². The summed E-state index contributed by atoms with van der Waals surface area (Å²) in [5, 5.41) is 9.92. The number of carbonyl (C=O) groups is 2. The summed E-state index contributed by atoms with van der Waals surface area (Å²) in [5.74, 6) is 0.386. The Morgan fingerprint density at radius 1 is 1.21 bits per heavy atom. The molecule has 1 aromatic carbocycles. The van der Waals surface area contributed by atoms with Gasteiger partial charge in [-0.3, -0.25) is 14.9 Å². The van der Waals surface area contributed by atoms with Gasteiger partial charge in [0.2, 0.25) is 0 Å². The van der Waals surface area contributed by atoms with Gasteiger partial charge in [-0.1, -0.05) is 43.9 Å². The molecule has 1 heterocycles. The maximum absolute atomic E-state index is 10.2. The fourth-order valence-corrected chi connectivity index (χ4v) is 3.32. The van der Waals surface area contributed by atoms with Crippen molar-refractivity contribution in [2.45, 2.75) is 51.4 Å². The van der Waals surface area contributed by atoms with Gasteiger partial charge in [-0.25, -0.2) is 0 Å². The number of aliphatic hydroxyl groups excluding tert-OH is 1. The molecule has 3 rings (SSSR count). The molecule has 1 aromatic rings. The smallest absolute Gasteiger partial charge is 0.288 e. The second-order valence-corrected chi connectivity index (χ2v) is 7.77. The van der Waals surface area contributed by atoms with Crippen LogP contribution in [0.1, 0.15) is 44.6 Å². The summed E-state index contributed by atoms with van der Waals surface area (Å²) in [7, 11) is 0. The van der Waals surface area contributed by atoms with E-state index in [1.54, 1.807) is 0 Å². The molecule has 1 saturated carbocycles. The van der Waals surface area contributed by atoms with E-state index < -0.39 is 16.6 Å². The van der Waals surface area contributed by atoms with Gasteiger partial charge in [-0.05, 0) is 43.7 Å². The van der Waals surface area contributed by atoms with E-state index in [9.17, 15) is 9.59 Å². The van der Waals surface area contributed by atoms with Gasteiger partial charge < -0.3 is 9.84 Å². The Labute approximate surface area is 147 Å². The lowest BCUT2D eigenvalue weighted by molar-refractivity contribution is -0.123. The van der Waals surface area contributed by atoms with E-state index in [2.05, 4.69) is 38.1 Å². The first-order valence-electron chi connectivity index (χ1n) is 8.27. The van der Waals surface area contributed by atoms with Crippen molar-refractivity contribution in [1.29, 1.82) is 0 Å². The van der Waals surface area contributed by atoms with Crippen LogP contribution in [0.25, 0.3) is 0 Å². The van der Waals surface area contributed by atoms with Gasteiger partial charge in [0.15, 0.2) is 5.44 Å². The fraction of sp³-hybridized carbons (Fsp3) is 0.556. The lowest BCUT2D eigenvalue weighted by Crippen LogP contribution is -2.27. The Balaban J connectivity index is 0.000000219. The van der Waals surface area contributed by atoms with Gasteiger partial charge in [0.05, 0.1) is 6.61 Å². The number of rotatable bonds is 3. The highest BCUT2D eigenvalue weighted by Gasteiger charge is 2.29. The number of imide groups is 1. The minimum Gasteiger partial charge on any atom is -0.493 e. The SMILES string of the molecule is Cc1ccc(OCC2(C)CCCCC2)cc1.O=C1NC(=O)C(O)S1. The first-order valence-corrected chi connectivity index (χ1v) is 9.15. The zero-order chi connectivity index (χ0) is 17.6. The third-order valence-corrected chi connectivity index (χ3v) is 5.09. The largest absolute Gasteiger partial charge is 0.493 e. The van der Waals surface area contributed by atoms with Crippen LogP contribution in [-0.2, 0) is 4.79 Å². The summed E-state index contributed by atoms with van der Waals surface area (Å²) in [6.45, 7) is 5.34. The van der Waals surface area contributed by atoms with Crippen LogP contribution in [0.5, 0.6) is 5.75 Å². The molecule has 2 fully saturated rings. The molecule has 1 aliphatic carbocycles. The van der Waals surface area contributed by atoms with E-state index in [-0.39, 0.29) is 0 Å². The maximum atomic E-state index is 10.2. The zero-order valence-electron chi connectivity index (χ0n) is 14.2.